The molecule has 6 nitrogen and oxygen atoms in total. The fourth-order valence-corrected chi connectivity index (χ4v) is 2.33. The summed E-state index contributed by atoms with van der Waals surface area (Å²) in [6.45, 7) is 0.273. The highest BCUT2D eigenvalue weighted by Crippen LogP contribution is 2.26. The summed E-state index contributed by atoms with van der Waals surface area (Å²) in [7, 11) is 0. The van der Waals surface area contributed by atoms with E-state index in [9.17, 15) is 4.79 Å². The molecule has 23 heavy (non-hydrogen) atoms. The molecule has 1 amide bonds. The van der Waals surface area contributed by atoms with Crippen LogP contribution in [0.3, 0.4) is 0 Å². The van der Waals surface area contributed by atoms with E-state index in [0.29, 0.717) is 16.3 Å². The van der Waals surface area contributed by atoms with E-state index < -0.39 is 0 Å². The largest absolute Gasteiger partial charge is 0.367 e. The van der Waals surface area contributed by atoms with Crippen LogP contribution in [0, 0.1) is 0 Å². The maximum absolute atomic E-state index is 12.5. The first-order chi connectivity index (χ1) is 11.2. The number of carbonyl (C=O) groups excluding carboxylic acids is 1. The number of hydrogen-bond acceptors (Lipinski definition) is 5. The maximum Gasteiger partial charge on any atom is 0.259 e. The van der Waals surface area contributed by atoms with Crippen LogP contribution in [0.2, 0.25) is 5.02 Å². The van der Waals surface area contributed by atoms with Crippen LogP contribution in [0.5, 0.6) is 0 Å². The van der Waals surface area contributed by atoms with E-state index in [1.165, 1.54) is 0 Å². The number of nitrogens with zero attached hydrogens (tertiary/aromatic N) is 2. The minimum absolute atomic E-state index is 0.0412. The normalized spacial score (nSPS) is 10.5. The van der Waals surface area contributed by atoms with Crippen LogP contribution in [-0.4, -0.2) is 16.0 Å². The average molecular weight is 329 g/mol. The number of hydrogen-bond donors (Lipinski definition) is 2. The molecule has 3 aromatic rings. The molecular weight excluding hydrogens is 316 g/mol. The lowest BCUT2D eigenvalue weighted by molar-refractivity contribution is 0.0952. The summed E-state index contributed by atoms with van der Waals surface area (Å²) in [5.74, 6) is -0.428. The standard InChI is InChI=1S/C16H13ClN4O2/c17-12-6-2-1-4-10(12)9-20-16(22)13-14(21-23-15(13)18)11-5-3-7-19-8-11/h1-8H,9,18H2,(H,20,22). The first-order valence-corrected chi connectivity index (χ1v) is 7.21. The van der Waals surface area contributed by atoms with Crippen LogP contribution in [0.1, 0.15) is 15.9 Å². The van der Waals surface area contributed by atoms with Crippen molar-refractivity contribution < 1.29 is 9.32 Å². The van der Waals surface area contributed by atoms with Gasteiger partial charge in [-0.05, 0) is 23.8 Å². The molecule has 0 radical (unpaired) electrons. The molecule has 0 aliphatic heterocycles. The molecule has 0 aliphatic carbocycles. The predicted molar refractivity (Wildman–Crippen MR) is 86.8 cm³/mol. The number of carbonyl (C=O) groups is 1. The lowest BCUT2D eigenvalue weighted by atomic mass is 10.1. The molecule has 3 rings (SSSR count). The van der Waals surface area contributed by atoms with Gasteiger partial charge in [-0.15, -0.1) is 0 Å². The number of nitrogen functional groups attached to an aromatic ring is 1. The van der Waals surface area contributed by atoms with Crippen LogP contribution in [0.25, 0.3) is 11.3 Å². The summed E-state index contributed by atoms with van der Waals surface area (Å²) in [5, 5.41) is 7.20. The lowest BCUT2D eigenvalue weighted by Gasteiger charge is -2.07. The van der Waals surface area contributed by atoms with E-state index in [1.807, 2.05) is 18.2 Å². The molecule has 0 unspecified atom stereocenters. The van der Waals surface area contributed by atoms with Gasteiger partial charge in [0.15, 0.2) is 0 Å². The second-order valence-electron chi connectivity index (χ2n) is 4.79. The van der Waals surface area contributed by atoms with Crippen molar-refractivity contribution in [2.75, 3.05) is 5.73 Å². The molecule has 3 N–H and O–H groups in total. The molecule has 2 heterocycles. The van der Waals surface area contributed by atoms with Crippen molar-refractivity contribution in [3.8, 4) is 11.3 Å². The van der Waals surface area contributed by atoms with Gasteiger partial charge in [-0.2, -0.15) is 0 Å². The molecule has 0 atom stereocenters. The summed E-state index contributed by atoms with van der Waals surface area (Å²) in [5.41, 5.74) is 7.74. The Morgan fingerprint density at radius 2 is 2.09 bits per heavy atom. The lowest BCUT2D eigenvalue weighted by Crippen LogP contribution is -2.24. The number of nitrogens with two attached hydrogens (primary N) is 1. The number of aromatic nitrogens is 2. The van der Waals surface area contributed by atoms with Gasteiger partial charge in [0.1, 0.15) is 11.3 Å². The third-order valence-electron chi connectivity index (χ3n) is 3.28. The zero-order chi connectivity index (χ0) is 16.2. The zero-order valence-corrected chi connectivity index (χ0v) is 12.7. The van der Waals surface area contributed by atoms with Gasteiger partial charge in [-0.3, -0.25) is 9.78 Å². The van der Waals surface area contributed by atoms with E-state index in [1.54, 1.807) is 30.6 Å². The van der Waals surface area contributed by atoms with Crippen molar-refractivity contribution in [2.24, 2.45) is 0 Å². The highest BCUT2D eigenvalue weighted by molar-refractivity contribution is 6.31. The topological polar surface area (TPSA) is 94.0 Å². The Labute approximate surface area is 137 Å². The van der Waals surface area contributed by atoms with Crippen LogP contribution in [-0.2, 0) is 6.54 Å². The van der Waals surface area contributed by atoms with Gasteiger partial charge in [0.25, 0.3) is 5.91 Å². The molecule has 2 aromatic heterocycles. The van der Waals surface area contributed by atoms with Crippen LogP contribution in [0.4, 0.5) is 5.88 Å². The molecule has 0 saturated carbocycles. The Balaban J connectivity index is 1.83. The summed E-state index contributed by atoms with van der Waals surface area (Å²) < 4.78 is 4.96. The van der Waals surface area contributed by atoms with Crippen molar-refractivity contribution in [2.45, 2.75) is 6.54 Å². The van der Waals surface area contributed by atoms with Crippen LogP contribution >= 0.6 is 11.6 Å². The van der Waals surface area contributed by atoms with Gasteiger partial charge < -0.3 is 15.6 Å². The van der Waals surface area contributed by atoms with Gasteiger partial charge in [0.05, 0.1) is 0 Å². The number of anilines is 1. The molecule has 0 bridgehead atoms. The predicted octanol–water partition coefficient (Wildman–Crippen LogP) is 2.90. The van der Waals surface area contributed by atoms with Crippen LogP contribution in [0.15, 0.2) is 53.3 Å². The average Bonchev–Trinajstić information content (AvgIpc) is 2.96. The fourth-order valence-electron chi connectivity index (χ4n) is 2.13. The van der Waals surface area contributed by atoms with Crippen molar-refractivity contribution in [1.82, 2.24) is 15.5 Å². The summed E-state index contributed by atoms with van der Waals surface area (Å²) in [6.07, 6.45) is 3.21. The number of halogens is 1. The minimum atomic E-state index is -0.387. The fraction of sp³-hybridized carbons (Fsp3) is 0.0625. The van der Waals surface area contributed by atoms with Gasteiger partial charge in [0.2, 0.25) is 5.88 Å². The number of nitrogens with one attached hydrogen (secondary N) is 1. The van der Waals surface area contributed by atoms with Gasteiger partial charge in [-0.25, -0.2) is 0 Å². The Morgan fingerprint density at radius 1 is 1.26 bits per heavy atom. The first-order valence-electron chi connectivity index (χ1n) is 6.84. The van der Waals surface area contributed by atoms with Crippen molar-refractivity contribution in [3.05, 3.63) is 64.9 Å². The molecule has 0 saturated heterocycles. The number of pyridine rings is 1. The second kappa shape index (κ2) is 6.50. The highest BCUT2D eigenvalue weighted by atomic mass is 35.5. The monoisotopic (exact) mass is 328 g/mol. The number of benzene rings is 1. The van der Waals surface area contributed by atoms with Gasteiger partial charge in [-0.1, -0.05) is 35.0 Å². The van der Waals surface area contributed by atoms with E-state index in [0.717, 1.165) is 5.56 Å². The quantitative estimate of drug-likeness (QED) is 0.768. The van der Waals surface area contributed by atoms with Gasteiger partial charge in [0, 0.05) is 29.5 Å². The molecular formula is C16H13ClN4O2. The molecule has 0 spiro atoms. The van der Waals surface area contributed by atoms with Crippen LogP contribution < -0.4 is 11.1 Å². The first kappa shape index (κ1) is 15.1. The Hall–Kier alpha value is -2.86. The van der Waals surface area contributed by atoms with Crippen molar-refractivity contribution >= 4 is 23.4 Å². The number of rotatable bonds is 4. The van der Waals surface area contributed by atoms with E-state index >= 15 is 0 Å². The molecule has 7 heteroatoms. The molecule has 0 aliphatic rings. The summed E-state index contributed by atoms with van der Waals surface area (Å²) >= 11 is 6.08. The second-order valence-corrected chi connectivity index (χ2v) is 5.19. The Kier molecular flexibility index (Phi) is 4.25. The number of amides is 1. The molecule has 0 fully saturated rings. The highest BCUT2D eigenvalue weighted by Gasteiger charge is 2.22. The maximum atomic E-state index is 12.5. The summed E-state index contributed by atoms with van der Waals surface area (Å²) in [6, 6.07) is 10.8. The Bertz CT molecular complexity index is 833. The van der Waals surface area contributed by atoms with Crippen molar-refractivity contribution in [3.63, 3.8) is 0 Å². The smallest absolute Gasteiger partial charge is 0.259 e. The molecule has 116 valence electrons. The summed E-state index contributed by atoms with van der Waals surface area (Å²) in [4.78, 5) is 16.5. The van der Waals surface area contributed by atoms with Gasteiger partial charge >= 0.3 is 0 Å². The van der Waals surface area contributed by atoms with E-state index in [4.69, 9.17) is 21.9 Å². The Morgan fingerprint density at radius 3 is 2.83 bits per heavy atom. The van der Waals surface area contributed by atoms with E-state index in [2.05, 4.69) is 15.5 Å². The minimum Gasteiger partial charge on any atom is -0.367 e. The third-order valence-corrected chi connectivity index (χ3v) is 3.65. The van der Waals surface area contributed by atoms with Crippen molar-refractivity contribution in [1.29, 1.82) is 0 Å². The third kappa shape index (κ3) is 3.17. The zero-order valence-electron chi connectivity index (χ0n) is 12.0. The van der Waals surface area contributed by atoms with E-state index in [-0.39, 0.29) is 23.9 Å². The molecule has 1 aromatic carbocycles. The SMILES string of the molecule is Nc1onc(-c2cccnc2)c1C(=O)NCc1ccccc1Cl.